The summed E-state index contributed by atoms with van der Waals surface area (Å²) >= 11 is 0. The summed E-state index contributed by atoms with van der Waals surface area (Å²) in [5.41, 5.74) is 3.82. The maximum Gasteiger partial charge on any atom is 0.229 e. The lowest BCUT2D eigenvalue weighted by Gasteiger charge is -2.17. The number of methoxy groups -OCH3 is 1. The molecule has 1 amide bonds. The highest BCUT2D eigenvalue weighted by Crippen LogP contribution is 2.28. The average molecular weight is 449 g/mol. The molecule has 7 heteroatoms. The molecule has 0 spiro atoms. The Morgan fingerprint density at radius 2 is 1.82 bits per heavy atom. The van der Waals surface area contributed by atoms with Gasteiger partial charge in [-0.2, -0.15) is 0 Å². The fourth-order valence-electron chi connectivity index (χ4n) is 4.30. The molecule has 2 aromatic carbocycles. The summed E-state index contributed by atoms with van der Waals surface area (Å²) in [7, 11) is 1.67. The summed E-state index contributed by atoms with van der Waals surface area (Å²) in [4.78, 5) is 24.4. The molecule has 4 rings (SSSR count). The van der Waals surface area contributed by atoms with Crippen LogP contribution in [-0.4, -0.2) is 41.0 Å². The Morgan fingerprint density at radius 3 is 2.48 bits per heavy atom. The number of anilines is 1. The van der Waals surface area contributed by atoms with Crippen molar-refractivity contribution < 1.29 is 13.9 Å². The number of carbonyl (C=O) groups excluding carboxylic acids is 1. The lowest BCUT2D eigenvalue weighted by atomic mass is 10.0. The van der Waals surface area contributed by atoms with E-state index in [1.54, 1.807) is 25.3 Å². The summed E-state index contributed by atoms with van der Waals surface area (Å²) in [6.07, 6.45) is 1.11. The molecule has 0 bridgehead atoms. The second kappa shape index (κ2) is 10.1. The van der Waals surface area contributed by atoms with Crippen molar-refractivity contribution in [2.75, 3.05) is 25.5 Å². The lowest BCUT2D eigenvalue weighted by Crippen LogP contribution is -2.21. The Morgan fingerprint density at radius 1 is 1.12 bits per heavy atom. The Hall–Kier alpha value is -3.32. The molecule has 172 valence electrons. The fraction of sp³-hybridized carbons (Fsp3) is 0.346. The van der Waals surface area contributed by atoms with Gasteiger partial charge in [0.25, 0.3) is 0 Å². The minimum atomic E-state index is -0.452. The molecule has 1 fully saturated rings. The van der Waals surface area contributed by atoms with Crippen LogP contribution in [0.25, 0.3) is 0 Å². The molecule has 2 heterocycles. The molecule has 1 N–H and O–H groups in total. The van der Waals surface area contributed by atoms with Gasteiger partial charge in [0.05, 0.1) is 19.2 Å². The number of aryl methyl sites for hydroxylation is 2. The number of carbonyl (C=O) groups is 1. The lowest BCUT2D eigenvalue weighted by molar-refractivity contribution is -0.115. The van der Waals surface area contributed by atoms with Crippen LogP contribution in [0, 0.1) is 19.7 Å². The molecular formula is C26H29FN4O2. The number of aromatic nitrogens is 2. The quantitative estimate of drug-likeness (QED) is 0.580. The summed E-state index contributed by atoms with van der Waals surface area (Å²) in [6.45, 7) is 6.59. The van der Waals surface area contributed by atoms with Gasteiger partial charge >= 0.3 is 0 Å². The SMILES string of the molecule is COc1ccc(CN2CC[C@H](c3nc(C)c(CC(=O)Nc4ccccc4F)c(C)n3)C2)cc1. The first-order chi connectivity index (χ1) is 15.9. The molecule has 1 aromatic heterocycles. The van der Waals surface area contributed by atoms with Crippen molar-refractivity contribution in [3.05, 3.63) is 82.7 Å². The van der Waals surface area contributed by atoms with Crippen molar-refractivity contribution >= 4 is 11.6 Å². The van der Waals surface area contributed by atoms with Crippen molar-refractivity contribution in [1.29, 1.82) is 0 Å². The largest absolute Gasteiger partial charge is 0.497 e. The Labute approximate surface area is 193 Å². The van der Waals surface area contributed by atoms with E-state index in [2.05, 4.69) is 22.3 Å². The van der Waals surface area contributed by atoms with E-state index >= 15 is 0 Å². The molecule has 1 saturated heterocycles. The Bertz CT molecular complexity index is 1110. The Kier molecular flexibility index (Phi) is 6.99. The smallest absolute Gasteiger partial charge is 0.229 e. The molecule has 0 aliphatic carbocycles. The van der Waals surface area contributed by atoms with E-state index in [0.29, 0.717) is 0 Å². The van der Waals surface area contributed by atoms with E-state index in [0.717, 1.165) is 54.6 Å². The average Bonchev–Trinajstić information content (AvgIpc) is 3.27. The molecule has 0 unspecified atom stereocenters. The number of hydrogen-bond donors (Lipinski definition) is 1. The monoisotopic (exact) mass is 448 g/mol. The number of rotatable bonds is 7. The maximum absolute atomic E-state index is 13.8. The number of amides is 1. The second-order valence-corrected chi connectivity index (χ2v) is 8.50. The maximum atomic E-state index is 13.8. The second-order valence-electron chi connectivity index (χ2n) is 8.50. The zero-order valence-electron chi connectivity index (χ0n) is 19.3. The van der Waals surface area contributed by atoms with Gasteiger partial charge in [-0.3, -0.25) is 9.69 Å². The number of para-hydroxylation sites is 1. The van der Waals surface area contributed by atoms with Gasteiger partial charge in [0.2, 0.25) is 5.91 Å². The first-order valence-corrected chi connectivity index (χ1v) is 11.2. The zero-order valence-corrected chi connectivity index (χ0v) is 19.3. The first-order valence-electron chi connectivity index (χ1n) is 11.2. The first kappa shape index (κ1) is 22.9. The number of ether oxygens (including phenoxy) is 1. The van der Waals surface area contributed by atoms with Crippen LogP contribution in [0.2, 0.25) is 0 Å². The Balaban J connectivity index is 1.39. The van der Waals surface area contributed by atoms with E-state index in [-0.39, 0.29) is 23.9 Å². The van der Waals surface area contributed by atoms with E-state index < -0.39 is 5.82 Å². The number of likely N-dealkylation sites (tertiary alicyclic amines) is 1. The molecule has 0 radical (unpaired) electrons. The molecule has 1 aliphatic heterocycles. The van der Waals surface area contributed by atoms with Gasteiger partial charge in [-0.05, 0) is 56.6 Å². The van der Waals surface area contributed by atoms with Gasteiger partial charge in [0.15, 0.2) is 0 Å². The van der Waals surface area contributed by atoms with Crippen molar-refractivity contribution in [1.82, 2.24) is 14.9 Å². The highest BCUT2D eigenvalue weighted by atomic mass is 19.1. The third kappa shape index (κ3) is 5.54. The fourth-order valence-corrected chi connectivity index (χ4v) is 4.30. The number of nitrogens with one attached hydrogen (secondary N) is 1. The van der Waals surface area contributed by atoms with Gasteiger partial charge in [0.1, 0.15) is 17.4 Å². The van der Waals surface area contributed by atoms with Crippen LogP contribution in [0.1, 0.15) is 40.7 Å². The predicted octanol–water partition coefficient (Wildman–Crippen LogP) is 4.41. The van der Waals surface area contributed by atoms with Crippen LogP contribution in [0.4, 0.5) is 10.1 Å². The number of nitrogens with zero attached hydrogens (tertiary/aromatic N) is 3. The molecule has 1 aliphatic rings. The number of benzene rings is 2. The third-order valence-electron chi connectivity index (χ3n) is 6.13. The van der Waals surface area contributed by atoms with Crippen molar-refractivity contribution in [2.24, 2.45) is 0 Å². The summed E-state index contributed by atoms with van der Waals surface area (Å²) in [6, 6.07) is 14.3. The molecule has 1 atom stereocenters. The van der Waals surface area contributed by atoms with Gasteiger partial charge in [-0.1, -0.05) is 24.3 Å². The van der Waals surface area contributed by atoms with E-state index in [4.69, 9.17) is 14.7 Å². The van der Waals surface area contributed by atoms with Gasteiger partial charge in [-0.15, -0.1) is 0 Å². The minimum absolute atomic E-state index is 0.112. The topological polar surface area (TPSA) is 67.3 Å². The van der Waals surface area contributed by atoms with Crippen LogP contribution in [0.3, 0.4) is 0 Å². The molecule has 0 saturated carbocycles. The van der Waals surface area contributed by atoms with Crippen molar-refractivity contribution in [2.45, 2.75) is 39.2 Å². The van der Waals surface area contributed by atoms with Crippen LogP contribution >= 0.6 is 0 Å². The van der Waals surface area contributed by atoms with Crippen LogP contribution in [0.5, 0.6) is 5.75 Å². The molecule has 3 aromatic rings. The summed E-state index contributed by atoms with van der Waals surface area (Å²) < 4.78 is 19.1. The normalized spacial score (nSPS) is 16.1. The van der Waals surface area contributed by atoms with E-state index in [1.165, 1.54) is 11.6 Å². The molecule has 6 nitrogen and oxygen atoms in total. The van der Waals surface area contributed by atoms with Crippen molar-refractivity contribution in [3.63, 3.8) is 0 Å². The number of hydrogen-bond acceptors (Lipinski definition) is 5. The molecule has 33 heavy (non-hydrogen) atoms. The van der Waals surface area contributed by atoms with Crippen LogP contribution in [-0.2, 0) is 17.8 Å². The predicted molar refractivity (Wildman–Crippen MR) is 126 cm³/mol. The molecular weight excluding hydrogens is 419 g/mol. The van der Waals surface area contributed by atoms with Gasteiger partial charge in [-0.25, -0.2) is 14.4 Å². The van der Waals surface area contributed by atoms with Crippen molar-refractivity contribution in [3.8, 4) is 5.75 Å². The van der Waals surface area contributed by atoms with Gasteiger partial charge < -0.3 is 10.1 Å². The van der Waals surface area contributed by atoms with E-state index in [9.17, 15) is 9.18 Å². The summed E-state index contributed by atoms with van der Waals surface area (Å²) in [5.74, 6) is 1.23. The highest BCUT2D eigenvalue weighted by molar-refractivity contribution is 5.92. The standard InChI is InChI=1S/C26H29FN4O2/c1-17-22(14-25(32)30-24-7-5-4-6-23(24)27)18(2)29-26(28-17)20-12-13-31(16-20)15-19-8-10-21(33-3)11-9-19/h4-11,20H,12-16H2,1-3H3,(H,30,32)/t20-/m0/s1. The zero-order chi connectivity index (χ0) is 23.4. The van der Waals surface area contributed by atoms with Crippen LogP contribution < -0.4 is 10.1 Å². The highest BCUT2D eigenvalue weighted by Gasteiger charge is 2.27. The van der Waals surface area contributed by atoms with Crippen LogP contribution in [0.15, 0.2) is 48.5 Å². The summed E-state index contributed by atoms with van der Waals surface area (Å²) in [5, 5.41) is 2.63. The van der Waals surface area contributed by atoms with E-state index in [1.807, 2.05) is 26.0 Å². The third-order valence-corrected chi connectivity index (χ3v) is 6.13. The van der Waals surface area contributed by atoms with Gasteiger partial charge in [0, 0.05) is 36.0 Å². The number of halogens is 1. The minimum Gasteiger partial charge on any atom is -0.497 e.